The van der Waals surface area contributed by atoms with Crippen molar-refractivity contribution in [3.63, 3.8) is 0 Å². The second kappa shape index (κ2) is 15.4. The smallest absolute Gasteiger partial charge is 0.296 e. The van der Waals surface area contributed by atoms with E-state index in [0.717, 1.165) is 37.9 Å². The molecule has 2 aromatic rings. The van der Waals surface area contributed by atoms with Crippen LogP contribution in [0.2, 0.25) is 0 Å². The molecule has 2 unspecified atom stereocenters. The number of hydrogen-bond acceptors (Lipinski definition) is 6. The summed E-state index contributed by atoms with van der Waals surface area (Å²) in [4.78, 5) is 24.1. The van der Waals surface area contributed by atoms with Gasteiger partial charge < -0.3 is 14.8 Å². The average molecular weight is 520 g/mol. The van der Waals surface area contributed by atoms with Crippen molar-refractivity contribution in [2.45, 2.75) is 69.3 Å². The highest BCUT2D eigenvalue weighted by molar-refractivity contribution is 7.86. The third-order valence-corrected chi connectivity index (χ3v) is 6.96. The lowest BCUT2D eigenvalue weighted by atomic mass is 9.90. The molecule has 0 aliphatic carbocycles. The molecule has 2 atom stereocenters. The highest BCUT2D eigenvalue weighted by atomic mass is 32.2. The van der Waals surface area contributed by atoms with Gasteiger partial charge in [-0.05, 0) is 44.0 Å². The van der Waals surface area contributed by atoms with Crippen LogP contribution in [-0.4, -0.2) is 44.5 Å². The van der Waals surface area contributed by atoms with E-state index in [0.29, 0.717) is 19.4 Å². The summed E-state index contributed by atoms with van der Waals surface area (Å²) in [5.41, 5.74) is 0.0714. The maximum absolute atomic E-state index is 12.2. The standard InChI is InChI=1S/C27H37NO7S/c1-21(29)23(25(34-2)19-20-35-22-13-7-6-8-14-22)15-9-4-3-5-10-18-27(30)28-24-16-11-12-17-26(24)36(31,32)33/h6-8,11-14,16-17,23,25H,3-5,9-10,15,18-20H2,1-2H3,(H,28,30)(H,31,32,33). The Hall–Kier alpha value is -2.75. The SMILES string of the molecule is COC(CCOc1ccccc1)C(CCCCCCCC(=O)Nc1ccccc1S(=O)(=O)O)C(C)=O. The fraction of sp³-hybridized carbons (Fsp3) is 0.481. The molecule has 0 heterocycles. The molecule has 0 aliphatic rings. The third-order valence-electron chi connectivity index (χ3n) is 6.05. The summed E-state index contributed by atoms with van der Waals surface area (Å²) in [7, 11) is -2.78. The van der Waals surface area contributed by atoms with Gasteiger partial charge in [0.25, 0.3) is 10.1 Å². The van der Waals surface area contributed by atoms with Crippen LogP contribution in [0.5, 0.6) is 5.75 Å². The van der Waals surface area contributed by atoms with Crippen molar-refractivity contribution in [3.8, 4) is 5.75 Å². The van der Waals surface area contributed by atoms with Crippen molar-refractivity contribution >= 4 is 27.5 Å². The monoisotopic (exact) mass is 519 g/mol. The highest BCUT2D eigenvalue weighted by Crippen LogP contribution is 2.23. The van der Waals surface area contributed by atoms with Gasteiger partial charge in [0.1, 0.15) is 16.4 Å². The summed E-state index contributed by atoms with van der Waals surface area (Å²) in [5.74, 6) is 0.429. The van der Waals surface area contributed by atoms with E-state index in [9.17, 15) is 22.6 Å². The molecule has 2 rings (SSSR count). The van der Waals surface area contributed by atoms with Gasteiger partial charge in [-0.25, -0.2) is 0 Å². The van der Waals surface area contributed by atoms with E-state index >= 15 is 0 Å². The van der Waals surface area contributed by atoms with Gasteiger partial charge in [0.05, 0.1) is 18.4 Å². The van der Waals surface area contributed by atoms with E-state index < -0.39 is 10.1 Å². The van der Waals surface area contributed by atoms with Gasteiger partial charge in [0.15, 0.2) is 0 Å². The summed E-state index contributed by atoms with van der Waals surface area (Å²) in [6.45, 7) is 2.08. The molecule has 8 nitrogen and oxygen atoms in total. The zero-order valence-electron chi connectivity index (χ0n) is 21.0. The summed E-state index contributed by atoms with van der Waals surface area (Å²) in [6, 6.07) is 15.3. The molecule has 0 aliphatic heterocycles. The number of carbonyl (C=O) groups is 2. The number of benzene rings is 2. The Morgan fingerprint density at radius 2 is 1.56 bits per heavy atom. The van der Waals surface area contributed by atoms with E-state index in [-0.39, 0.29) is 40.7 Å². The van der Waals surface area contributed by atoms with Gasteiger partial charge in [-0.3, -0.25) is 14.1 Å². The molecule has 1 amide bonds. The van der Waals surface area contributed by atoms with Crippen LogP contribution in [0.25, 0.3) is 0 Å². The molecular formula is C27H37NO7S. The quantitative estimate of drug-likeness (QED) is 0.215. The normalized spacial score (nSPS) is 13.1. The number of ether oxygens (including phenoxy) is 2. The number of carbonyl (C=O) groups excluding carboxylic acids is 2. The Labute approximate surface area is 214 Å². The van der Waals surface area contributed by atoms with E-state index in [4.69, 9.17) is 9.47 Å². The molecule has 0 saturated heterocycles. The first-order chi connectivity index (χ1) is 17.2. The molecule has 2 N–H and O–H groups in total. The van der Waals surface area contributed by atoms with Crippen LogP contribution < -0.4 is 10.1 Å². The number of rotatable bonds is 17. The zero-order chi connectivity index (χ0) is 26.4. The fourth-order valence-corrected chi connectivity index (χ4v) is 4.78. The highest BCUT2D eigenvalue weighted by Gasteiger charge is 2.25. The van der Waals surface area contributed by atoms with Crippen LogP contribution in [0.15, 0.2) is 59.5 Å². The van der Waals surface area contributed by atoms with Crippen LogP contribution in [-0.2, 0) is 24.4 Å². The number of anilines is 1. The number of nitrogens with one attached hydrogen (secondary N) is 1. The van der Waals surface area contributed by atoms with Gasteiger partial charge in [-0.2, -0.15) is 8.42 Å². The zero-order valence-corrected chi connectivity index (χ0v) is 21.8. The third kappa shape index (κ3) is 10.5. The molecule has 2 aromatic carbocycles. The molecule has 198 valence electrons. The average Bonchev–Trinajstić information content (AvgIpc) is 2.84. The van der Waals surface area contributed by atoms with Gasteiger partial charge in [0.2, 0.25) is 5.91 Å². The largest absolute Gasteiger partial charge is 0.493 e. The Kier molecular flexibility index (Phi) is 12.6. The molecular weight excluding hydrogens is 482 g/mol. The van der Waals surface area contributed by atoms with Crippen LogP contribution in [0.1, 0.15) is 58.3 Å². The van der Waals surface area contributed by atoms with Crippen LogP contribution in [0, 0.1) is 5.92 Å². The molecule has 36 heavy (non-hydrogen) atoms. The molecule has 0 aromatic heterocycles. The van der Waals surface area contributed by atoms with Gasteiger partial charge in [-0.15, -0.1) is 0 Å². The van der Waals surface area contributed by atoms with Crippen molar-refractivity contribution in [2.24, 2.45) is 5.92 Å². The number of unbranched alkanes of at least 4 members (excludes halogenated alkanes) is 4. The number of amides is 1. The summed E-state index contributed by atoms with van der Waals surface area (Å²) < 4.78 is 43.5. The predicted octanol–water partition coefficient (Wildman–Crippen LogP) is 5.29. The van der Waals surface area contributed by atoms with E-state index in [1.807, 2.05) is 30.3 Å². The molecule has 9 heteroatoms. The maximum atomic E-state index is 12.2. The van der Waals surface area contributed by atoms with E-state index in [2.05, 4.69) is 5.32 Å². The number of hydrogen-bond donors (Lipinski definition) is 2. The first kappa shape index (κ1) is 29.5. The predicted molar refractivity (Wildman–Crippen MR) is 139 cm³/mol. The number of methoxy groups -OCH3 is 1. The van der Waals surface area contributed by atoms with Gasteiger partial charge >= 0.3 is 0 Å². The summed E-state index contributed by atoms with van der Waals surface area (Å²) in [5, 5.41) is 2.55. The van der Waals surface area contributed by atoms with Crippen molar-refractivity contribution < 1.29 is 32.0 Å². The Bertz CT molecular complexity index is 1060. The first-order valence-electron chi connectivity index (χ1n) is 12.3. The molecule has 0 spiro atoms. The molecule has 0 saturated carbocycles. The van der Waals surface area contributed by atoms with Crippen LogP contribution >= 0.6 is 0 Å². The van der Waals surface area contributed by atoms with Crippen molar-refractivity contribution in [2.75, 3.05) is 19.0 Å². The first-order valence-corrected chi connectivity index (χ1v) is 13.7. The van der Waals surface area contributed by atoms with Crippen molar-refractivity contribution in [3.05, 3.63) is 54.6 Å². The molecule has 0 radical (unpaired) electrons. The Balaban J connectivity index is 1.66. The van der Waals surface area contributed by atoms with Gasteiger partial charge in [-0.1, -0.05) is 56.0 Å². The topological polar surface area (TPSA) is 119 Å². The van der Waals surface area contributed by atoms with Crippen molar-refractivity contribution in [1.29, 1.82) is 0 Å². The molecule has 0 fully saturated rings. The second-order valence-corrected chi connectivity index (χ2v) is 10.2. The summed E-state index contributed by atoms with van der Waals surface area (Å²) >= 11 is 0. The lowest BCUT2D eigenvalue weighted by Gasteiger charge is -2.24. The van der Waals surface area contributed by atoms with Crippen LogP contribution in [0.4, 0.5) is 5.69 Å². The Morgan fingerprint density at radius 1 is 0.917 bits per heavy atom. The van der Waals surface area contributed by atoms with Crippen molar-refractivity contribution in [1.82, 2.24) is 0 Å². The Morgan fingerprint density at radius 3 is 2.22 bits per heavy atom. The van der Waals surface area contributed by atoms with Crippen LogP contribution in [0.3, 0.4) is 0 Å². The minimum absolute atomic E-state index is 0.0714. The summed E-state index contributed by atoms with van der Waals surface area (Å²) in [6.07, 6.45) is 5.69. The lowest BCUT2D eigenvalue weighted by Crippen LogP contribution is -2.30. The minimum Gasteiger partial charge on any atom is -0.493 e. The molecule has 0 bridgehead atoms. The van der Waals surface area contributed by atoms with Gasteiger partial charge in [0, 0.05) is 25.9 Å². The number of Topliss-reactive ketones (excluding diaryl/α,β-unsaturated/α-hetero) is 1. The fourth-order valence-electron chi connectivity index (χ4n) is 4.13. The minimum atomic E-state index is -4.41. The van der Waals surface area contributed by atoms with E-state index in [1.165, 1.54) is 18.2 Å². The second-order valence-electron chi connectivity index (χ2n) is 8.77. The lowest BCUT2D eigenvalue weighted by molar-refractivity contribution is -0.126. The maximum Gasteiger partial charge on any atom is 0.296 e. The van der Waals surface area contributed by atoms with E-state index in [1.54, 1.807) is 20.1 Å². The number of para-hydroxylation sites is 2. The number of ketones is 1.